The zero-order valence-electron chi connectivity index (χ0n) is 22.1. The summed E-state index contributed by atoms with van der Waals surface area (Å²) in [7, 11) is 0. The van der Waals surface area contributed by atoms with Crippen LogP contribution in [-0.4, -0.2) is 48.6 Å². The van der Waals surface area contributed by atoms with Crippen molar-refractivity contribution in [3.8, 4) is 0 Å². The summed E-state index contributed by atoms with van der Waals surface area (Å²) >= 11 is 2.88. The third kappa shape index (κ3) is 6.67. The van der Waals surface area contributed by atoms with Gasteiger partial charge in [0.2, 0.25) is 16.2 Å². The van der Waals surface area contributed by atoms with Crippen molar-refractivity contribution in [2.24, 2.45) is 0 Å². The fourth-order valence-corrected chi connectivity index (χ4v) is 6.30. The first kappa shape index (κ1) is 26.8. The van der Waals surface area contributed by atoms with Crippen molar-refractivity contribution >= 4 is 66.4 Å². The molecular formula is C29H28N8O2S2. The van der Waals surface area contributed by atoms with E-state index in [0.717, 1.165) is 68.6 Å². The summed E-state index contributed by atoms with van der Waals surface area (Å²) in [5, 5.41) is 27.9. The first-order chi connectivity index (χ1) is 20.1. The summed E-state index contributed by atoms with van der Waals surface area (Å²) in [6, 6.07) is 15.9. The molecule has 0 aliphatic rings. The number of aryl methyl sites for hydroxylation is 2. The van der Waals surface area contributed by atoms with Gasteiger partial charge in [-0.25, -0.2) is 0 Å². The second-order valence-electron chi connectivity index (χ2n) is 9.72. The number of Topliss-reactive ketones (excluding diaryl/α,β-unsaturated/α-hetero) is 1. The highest BCUT2D eigenvalue weighted by Crippen LogP contribution is 2.22. The average molecular weight is 585 g/mol. The van der Waals surface area contributed by atoms with Crippen LogP contribution in [0.1, 0.15) is 34.0 Å². The third-order valence-corrected chi connectivity index (χ3v) is 8.58. The number of unbranched alkanes of at least 4 members (excludes halogenated alkanes) is 1. The number of H-pyrrole nitrogens is 2. The Hall–Kier alpha value is -4.42. The number of fused-ring (bicyclic) bond motifs is 2. The summed E-state index contributed by atoms with van der Waals surface area (Å²) in [6.45, 7) is 0.214. The molecule has 41 heavy (non-hydrogen) atoms. The molecule has 4 heterocycles. The predicted octanol–water partition coefficient (Wildman–Crippen LogP) is 5.32. The number of anilines is 2. The van der Waals surface area contributed by atoms with Crippen LogP contribution in [0.15, 0.2) is 60.9 Å². The fraction of sp³-hybridized carbons (Fsp3) is 0.241. The minimum atomic E-state index is -0.113. The number of nitrogens with zero attached hydrogens (tertiary/aromatic N) is 4. The van der Waals surface area contributed by atoms with Gasteiger partial charge in [0.15, 0.2) is 5.78 Å². The van der Waals surface area contributed by atoms with Gasteiger partial charge in [-0.15, -0.1) is 20.4 Å². The highest BCUT2D eigenvalue weighted by molar-refractivity contribution is 7.15. The summed E-state index contributed by atoms with van der Waals surface area (Å²) in [4.78, 5) is 31.4. The Bertz CT molecular complexity index is 1800. The van der Waals surface area contributed by atoms with Gasteiger partial charge in [-0.2, -0.15) is 0 Å². The van der Waals surface area contributed by atoms with E-state index in [-0.39, 0.29) is 24.7 Å². The van der Waals surface area contributed by atoms with Crippen molar-refractivity contribution in [1.82, 2.24) is 30.4 Å². The molecule has 0 aliphatic carbocycles. The first-order valence-electron chi connectivity index (χ1n) is 13.4. The van der Waals surface area contributed by atoms with Crippen molar-refractivity contribution in [2.75, 3.05) is 17.2 Å². The monoisotopic (exact) mass is 584 g/mol. The van der Waals surface area contributed by atoms with Gasteiger partial charge in [0, 0.05) is 53.5 Å². The molecule has 0 bridgehead atoms. The molecule has 0 unspecified atom stereocenters. The van der Waals surface area contributed by atoms with Crippen molar-refractivity contribution in [1.29, 1.82) is 0 Å². The normalized spacial score (nSPS) is 11.3. The molecule has 0 saturated carbocycles. The Morgan fingerprint density at radius 2 is 1.27 bits per heavy atom. The number of rotatable bonds is 13. The summed E-state index contributed by atoms with van der Waals surface area (Å²) < 4.78 is 0. The Kier molecular flexibility index (Phi) is 8.10. The summed E-state index contributed by atoms with van der Waals surface area (Å²) in [6.07, 6.45) is 7.84. The van der Waals surface area contributed by atoms with Gasteiger partial charge in [0.25, 0.3) is 0 Å². The molecule has 0 saturated heterocycles. The Morgan fingerprint density at radius 1 is 0.707 bits per heavy atom. The number of nitrogens with one attached hydrogen (secondary N) is 4. The number of amides is 1. The number of aromatic amines is 2. The molecule has 0 spiro atoms. The molecule has 12 heteroatoms. The zero-order valence-corrected chi connectivity index (χ0v) is 23.8. The quantitative estimate of drug-likeness (QED) is 0.135. The minimum absolute atomic E-state index is 0.0945. The Morgan fingerprint density at radius 3 is 1.93 bits per heavy atom. The first-order valence-corrected chi connectivity index (χ1v) is 15.0. The van der Waals surface area contributed by atoms with Crippen LogP contribution in [0.25, 0.3) is 21.8 Å². The average Bonchev–Trinajstić information content (AvgIpc) is 3.79. The number of carbonyl (C=O) groups is 2. The van der Waals surface area contributed by atoms with Gasteiger partial charge >= 0.3 is 0 Å². The Labute approximate surface area is 243 Å². The van der Waals surface area contributed by atoms with E-state index in [1.807, 2.05) is 60.9 Å². The molecule has 1 amide bonds. The molecule has 208 valence electrons. The van der Waals surface area contributed by atoms with Crippen molar-refractivity contribution in [2.45, 2.75) is 38.5 Å². The highest BCUT2D eigenvalue weighted by Gasteiger charge is 2.13. The van der Waals surface area contributed by atoms with Crippen molar-refractivity contribution in [3.05, 3.63) is 82.1 Å². The van der Waals surface area contributed by atoms with Crippen LogP contribution >= 0.6 is 22.7 Å². The predicted molar refractivity (Wildman–Crippen MR) is 163 cm³/mol. The van der Waals surface area contributed by atoms with E-state index in [1.165, 1.54) is 22.7 Å². The van der Waals surface area contributed by atoms with Gasteiger partial charge in [0.1, 0.15) is 10.0 Å². The lowest BCUT2D eigenvalue weighted by Gasteiger charge is -2.01. The lowest BCUT2D eigenvalue weighted by Crippen LogP contribution is -2.15. The highest BCUT2D eigenvalue weighted by atomic mass is 32.1. The van der Waals surface area contributed by atoms with Crippen LogP contribution in [0.5, 0.6) is 0 Å². The standard InChI is InChI=1S/C29H28N8O2S2/c38-20(13-18-15-30-23-9-3-1-7-21(18)23)17-32-28-36-34-26(40-28)11-5-6-12-27-35-37-29(41-27)33-25(39)14-19-16-31-24-10-4-2-8-22(19)24/h1-4,7-10,15-16,30-31H,5-6,11-14,17H2,(H,32,36)(H,33,37,39). The topological polar surface area (TPSA) is 141 Å². The molecule has 4 aromatic heterocycles. The van der Waals surface area contributed by atoms with Crippen LogP contribution in [0.3, 0.4) is 0 Å². The number of carbonyl (C=O) groups excluding carboxylic acids is 2. The van der Waals surface area contributed by atoms with Crippen molar-refractivity contribution < 1.29 is 9.59 Å². The van der Waals surface area contributed by atoms with Crippen LogP contribution in [-0.2, 0) is 35.3 Å². The summed E-state index contributed by atoms with van der Waals surface area (Å²) in [5.41, 5.74) is 4.00. The van der Waals surface area contributed by atoms with Gasteiger partial charge < -0.3 is 20.6 Å². The molecular weight excluding hydrogens is 557 g/mol. The van der Waals surface area contributed by atoms with E-state index < -0.39 is 0 Å². The fourth-order valence-electron chi connectivity index (χ4n) is 4.72. The van der Waals surface area contributed by atoms with Gasteiger partial charge in [-0.3, -0.25) is 9.59 Å². The molecule has 0 aliphatic heterocycles. The molecule has 0 atom stereocenters. The van der Waals surface area contributed by atoms with Crippen LogP contribution in [0, 0.1) is 0 Å². The van der Waals surface area contributed by atoms with Gasteiger partial charge in [-0.1, -0.05) is 59.1 Å². The number of aromatic nitrogens is 6. The molecule has 0 radical (unpaired) electrons. The maximum atomic E-state index is 12.5. The summed E-state index contributed by atoms with van der Waals surface area (Å²) in [5.74, 6) is -0.0186. The van der Waals surface area contributed by atoms with E-state index in [1.54, 1.807) is 0 Å². The molecule has 4 N–H and O–H groups in total. The van der Waals surface area contributed by atoms with Gasteiger partial charge in [0.05, 0.1) is 13.0 Å². The van der Waals surface area contributed by atoms with Crippen LogP contribution in [0.2, 0.25) is 0 Å². The molecule has 2 aromatic carbocycles. The molecule has 6 rings (SSSR count). The lowest BCUT2D eigenvalue weighted by atomic mass is 10.1. The smallest absolute Gasteiger partial charge is 0.230 e. The zero-order chi connectivity index (χ0) is 28.0. The molecule has 0 fully saturated rings. The minimum Gasteiger partial charge on any atom is -0.361 e. The number of ketones is 1. The van der Waals surface area contributed by atoms with E-state index >= 15 is 0 Å². The van der Waals surface area contributed by atoms with E-state index in [0.29, 0.717) is 16.7 Å². The van der Waals surface area contributed by atoms with E-state index in [9.17, 15) is 9.59 Å². The maximum absolute atomic E-state index is 12.5. The van der Waals surface area contributed by atoms with E-state index in [2.05, 4.69) is 41.0 Å². The van der Waals surface area contributed by atoms with Gasteiger partial charge in [-0.05, 0) is 36.1 Å². The third-order valence-electron chi connectivity index (χ3n) is 6.74. The largest absolute Gasteiger partial charge is 0.361 e. The second kappa shape index (κ2) is 12.4. The van der Waals surface area contributed by atoms with E-state index in [4.69, 9.17) is 0 Å². The SMILES string of the molecule is O=C(CNc1nnc(CCCCc2nnc(NC(=O)Cc3c[nH]c4ccccc34)s2)s1)Cc1c[nH]c2ccccc12. The van der Waals surface area contributed by atoms with Crippen LogP contribution in [0.4, 0.5) is 10.3 Å². The number of benzene rings is 2. The molecule has 10 nitrogen and oxygen atoms in total. The van der Waals surface area contributed by atoms with Crippen molar-refractivity contribution in [3.63, 3.8) is 0 Å². The second-order valence-corrected chi connectivity index (χ2v) is 11.8. The maximum Gasteiger partial charge on any atom is 0.230 e. The molecule has 6 aromatic rings. The lowest BCUT2D eigenvalue weighted by molar-refractivity contribution is -0.117. The number of para-hydroxylation sites is 2. The van der Waals surface area contributed by atoms with Crippen LogP contribution < -0.4 is 10.6 Å². The number of hydrogen-bond acceptors (Lipinski definition) is 9. The number of hydrogen-bond donors (Lipinski definition) is 4. The Balaban J connectivity index is 0.900.